The van der Waals surface area contributed by atoms with E-state index in [1.807, 2.05) is 11.8 Å². The van der Waals surface area contributed by atoms with Crippen LogP contribution in [0.2, 0.25) is 0 Å². The van der Waals surface area contributed by atoms with E-state index in [-0.39, 0.29) is 37.5 Å². The van der Waals surface area contributed by atoms with Crippen molar-refractivity contribution in [2.24, 2.45) is 0 Å². The van der Waals surface area contributed by atoms with E-state index in [9.17, 15) is 24.0 Å². The maximum atomic E-state index is 11.7. The SMILES string of the molecule is O=C1N[C@H]2[C@H](CS[C@H]2CCCCC(=O)OC(=O)CCN2C(=O)C=CC2=O)N1. The van der Waals surface area contributed by atoms with E-state index in [0.717, 1.165) is 35.6 Å². The molecule has 0 aromatic rings. The van der Waals surface area contributed by atoms with E-state index < -0.39 is 23.8 Å². The smallest absolute Gasteiger partial charge is 0.315 e. The first-order chi connectivity index (χ1) is 12.9. The number of nitrogens with one attached hydrogen (secondary N) is 2. The summed E-state index contributed by atoms with van der Waals surface area (Å²) in [5.74, 6) is -1.41. The van der Waals surface area contributed by atoms with Crippen LogP contribution in [0.25, 0.3) is 0 Å². The number of carbonyl (C=O) groups excluding carboxylic acids is 5. The highest BCUT2D eigenvalue weighted by molar-refractivity contribution is 8.00. The quantitative estimate of drug-likeness (QED) is 0.196. The molecule has 2 N–H and O–H groups in total. The maximum Gasteiger partial charge on any atom is 0.315 e. The van der Waals surface area contributed by atoms with Gasteiger partial charge in [0.05, 0.1) is 18.5 Å². The molecule has 3 rings (SSSR count). The second kappa shape index (κ2) is 8.55. The Hall–Kier alpha value is -2.36. The van der Waals surface area contributed by atoms with Crippen LogP contribution in [0.1, 0.15) is 32.1 Å². The van der Waals surface area contributed by atoms with Crippen molar-refractivity contribution < 1.29 is 28.7 Å². The minimum Gasteiger partial charge on any atom is -0.393 e. The number of hydrogen-bond donors (Lipinski definition) is 2. The highest BCUT2D eigenvalue weighted by atomic mass is 32.2. The maximum absolute atomic E-state index is 11.7. The second-order valence-electron chi connectivity index (χ2n) is 6.63. The topological polar surface area (TPSA) is 122 Å². The number of carbonyl (C=O) groups is 5. The number of thioether (sulfide) groups is 1. The number of imide groups is 1. The van der Waals surface area contributed by atoms with Crippen molar-refractivity contribution in [1.29, 1.82) is 0 Å². The minimum absolute atomic E-state index is 0.0992. The summed E-state index contributed by atoms with van der Waals surface area (Å²) in [6, 6.07) is 0.201. The van der Waals surface area contributed by atoms with Crippen molar-refractivity contribution in [1.82, 2.24) is 15.5 Å². The molecular weight excluding hydrogens is 374 g/mol. The molecule has 2 fully saturated rings. The molecule has 27 heavy (non-hydrogen) atoms. The number of hydrogen-bond acceptors (Lipinski definition) is 7. The van der Waals surface area contributed by atoms with Crippen molar-refractivity contribution in [2.45, 2.75) is 49.4 Å². The largest absolute Gasteiger partial charge is 0.393 e. The van der Waals surface area contributed by atoms with Gasteiger partial charge in [-0.3, -0.25) is 24.1 Å². The molecule has 0 radical (unpaired) electrons. The first-order valence-corrected chi connectivity index (χ1v) is 9.94. The molecule has 3 aliphatic rings. The molecule has 0 aromatic carbocycles. The van der Waals surface area contributed by atoms with Gasteiger partial charge in [0, 0.05) is 36.1 Å². The predicted molar refractivity (Wildman–Crippen MR) is 95.5 cm³/mol. The van der Waals surface area contributed by atoms with Crippen LogP contribution in [0.5, 0.6) is 0 Å². The number of rotatable bonds is 8. The third-order valence-electron chi connectivity index (χ3n) is 4.73. The third-order valence-corrected chi connectivity index (χ3v) is 6.23. The van der Waals surface area contributed by atoms with Crippen LogP contribution in [0.15, 0.2) is 12.2 Å². The standard InChI is InChI=1S/C17H21N3O6S/c21-12-5-6-13(22)20(12)8-7-15(24)26-14(23)4-2-1-3-11-16-10(9-27-11)18-17(25)19-16/h5-6,10-11,16H,1-4,7-9H2,(H2,18,19,25)/t10-,11-,16-/m0/s1. The van der Waals surface area contributed by atoms with E-state index in [1.165, 1.54) is 0 Å². The number of fused-ring (bicyclic) bond motifs is 1. The van der Waals surface area contributed by atoms with E-state index in [1.54, 1.807) is 0 Å². The lowest BCUT2D eigenvalue weighted by Crippen LogP contribution is -2.36. The molecule has 3 aliphatic heterocycles. The Labute approximate surface area is 160 Å². The zero-order valence-corrected chi connectivity index (χ0v) is 15.5. The second-order valence-corrected chi connectivity index (χ2v) is 7.90. The number of ether oxygens (including phenoxy) is 1. The van der Waals surface area contributed by atoms with Gasteiger partial charge in [-0.2, -0.15) is 11.8 Å². The number of nitrogens with zero attached hydrogens (tertiary/aromatic N) is 1. The van der Waals surface area contributed by atoms with Crippen LogP contribution < -0.4 is 10.6 Å². The molecule has 0 spiro atoms. The fourth-order valence-electron chi connectivity index (χ4n) is 3.34. The van der Waals surface area contributed by atoms with Crippen LogP contribution in [-0.2, 0) is 23.9 Å². The Morgan fingerprint density at radius 1 is 1.07 bits per heavy atom. The van der Waals surface area contributed by atoms with Crippen LogP contribution in [0.4, 0.5) is 4.79 Å². The van der Waals surface area contributed by atoms with Crippen LogP contribution in [0, 0.1) is 0 Å². The molecule has 3 atom stereocenters. The number of esters is 2. The summed E-state index contributed by atoms with van der Waals surface area (Å²) in [6.45, 7) is -0.0992. The summed E-state index contributed by atoms with van der Waals surface area (Å²) in [5.41, 5.74) is 0. The van der Waals surface area contributed by atoms with Gasteiger partial charge in [0.25, 0.3) is 11.8 Å². The van der Waals surface area contributed by atoms with Gasteiger partial charge in [0.2, 0.25) is 0 Å². The highest BCUT2D eigenvalue weighted by Crippen LogP contribution is 2.33. The van der Waals surface area contributed by atoms with Gasteiger partial charge < -0.3 is 15.4 Å². The van der Waals surface area contributed by atoms with E-state index in [0.29, 0.717) is 11.7 Å². The minimum atomic E-state index is -0.749. The van der Waals surface area contributed by atoms with Crippen molar-refractivity contribution in [3.8, 4) is 0 Å². The van der Waals surface area contributed by atoms with Gasteiger partial charge in [0.15, 0.2) is 0 Å². The lowest BCUT2D eigenvalue weighted by molar-refractivity contribution is -0.159. The summed E-state index contributed by atoms with van der Waals surface area (Å²) in [4.78, 5) is 58.4. The van der Waals surface area contributed by atoms with Crippen molar-refractivity contribution in [3.05, 3.63) is 12.2 Å². The summed E-state index contributed by atoms with van der Waals surface area (Å²) >= 11 is 1.81. The molecule has 146 valence electrons. The normalized spacial score (nSPS) is 26.1. The zero-order valence-electron chi connectivity index (χ0n) is 14.6. The van der Waals surface area contributed by atoms with E-state index >= 15 is 0 Å². The Morgan fingerprint density at radius 3 is 2.52 bits per heavy atom. The number of urea groups is 1. The summed E-state index contributed by atoms with van der Waals surface area (Å²) in [5, 5.41) is 6.13. The Kier molecular flexibility index (Phi) is 6.15. The molecule has 0 aliphatic carbocycles. The molecule has 9 nitrogen and oxygen atoms in total. The summed E-state index contributed by atoms with van der Waals surface area (Å²) in [6.07, 6.45) is 4.45. The Bertz CT molecular complexity index is 676. The van der Waals surface area contributed by atoms with Gasteiger partial charge >= 0.3 is 18.0 Å². The van der Waals surface area contributed by atoms with Gasteiger partial charge in [0.1, 0.15) is 0 Å². The molecular formula is C17H21N3O6S. The first kappa shape index (κ1) is 19.4. The average Bonchev–Trinajstić information content (AvgIpc) is 3.25. The number of amides is 4. The van der Waals surface area contributed by atoms with Gasteiger partial charge in [-0.05, 0) is 12.8 Å². The Morgan fingerprint density at radius 2 is 1.78 bits per heavy atom. The fourth-order valence-corrected chi connectivity index (χ4v) is 4.89. The van der Waals surface area contributed by atoms with Gasteiger partial charge in [-0.1, -0.05) is 6.42 Å². The lowest BCUT2D eigenvalue weighted by Gasteiger charge is -2.16. The van der Waals surface area contributed by atoms with Crippen LogP contribution >= 0.6 is 11.8 Å². The van der Waals surface area contributed by atoms with Crippen molar-refractivity contribution >= 4 is 41.5 Å². The zero-order chi connectivity index (χ0) is 19.4. The molecule has 0 aromatic heterocycles. The summed E-state index contributed by atoms with van der Waals surface area (Å²) < 4.78 is 4.72. The van der Waals surface area contributed by atoms with Crippen LogP contribution in [-0.4, -0.2) is 64.3 Å². The molecule has 0 saturated carbocycles. The molecule has 3 heterocycles. The van der Waals surface area contributed by atoms with Crippen LogP contribution in [0.3, 0.4) is 0 Å². The first-order valence-electron chi connectivity index (χ1n) is 8.89. The third kappa shape index (κ3) is 4.88. The van der Waals surface area contributed by atoms with E-state index in [4.69, 9.17) is 4.74 Å². The van der Waals surface area contributed by atoms with Gasteiger partial charge in [-0.15, -0.1) is 0 Å². The average molecular weight is 395 g/mol. The molecule has 0 bridgehead atoms. The monoisotopic (exact) mass is 395 g/mol. The summed E-state index contributed by atoms with van der Waals surface area (Å²) in [7, 11) is 0. The lowest BCUT2D eigenvalue weighted by atomic mass is 10.0. The highest BCUT2D eigenvalue weighted by Gasteiger charge is 2.42. The molecule has 10 heteroatoms. The van der Waals surface area contributed by atoms with Crippen molar-refractivity contribution in [3.63, 3.8) is 0 Å². The van der Waals surface area contributed by atoms with E-state index in [2.05, 4.69) is 10.6 Å². The number of unbranched alkanes of at least 4 members (excludes halogenated alkanes) is 1. The fraction of sp³-hybridized carbons (Fsp3) is 0.588. The molecule has 2 saturated heterocycles. The Balaban J connectivity index is 1.27. The predicted octanol–water partition coefficient (Wildman–Crippen LogP) is 0.0971. The van der Waals surface area contributed by atoms with Crippen molar-refractivity contribution in [2.75, 3.05) is 12.3 Å². The van der Waals surface area contributed by atoms with Gasteiger partial charge in [-0.25, -0.2) is 4.79 Å². The molecule has 4 amide bonds. The molecule has 0 unspecified atom stereocenters.